The molecule has 0 aliphatic carbocycles. The summed E-state index contributed by atoms with van der Waals surface area (Å²) in [6.45, 7) is 2.53. The van der Waals surface area contributed by atoms with Crippen LogP contribution >= 0.6 is 0 Å². The van der Waals surface area contributed by atoms with Crippen molar-refractivity contribution < 1.29 is 14.3 Å². The Hall–Kier alpha value is -1.84. The second kappa shape index (κ2) is 4.99. The van der Waals surface area contributed by atoms with Crippen molar-refractivity contribution in [3.05, 3.63) is 35.9 Å². The van der Waals surface area contributed by atoms with Crippen LogP contribution in [-0.2, 0) is 14.3 Å². The molecule has 1 aliphatic rings. The standard InChI is InChI=1S/C13H15NO3/c1-2-17-13(16)11-10(8-14-12(11)15)9-6-4-3-5-7-9/h3-7,10-11H,2,8H2,1H3,(H,14,15). The van der Waals surface area contributed by atoms with Crippen LogP contribution in [0.1, 0.15) is 18.4 Å². The number of ether oxygens (including phenoxy) is 1. The molecule has 0 spiro atoms. The van der Waals surface area contributed by atoms with E-state index in [1.165, 1.54) is 0 Å². The van der Waals surface area contributed by atoms with E-state index < -0.39 is 11.9 Å². The van der Waals surface area contributed by atoms with E-state index in [1.807, 2.05) is 30.3 Å². The van der Waals surface area contributed by atoms with Gasteiger partial charge in [0.1, 0.15) is 5.92 Å². The van der Waals surface area contributed by atoms with Crippen LogP contribution in [0, 0.1) is 5.92 Å². The van der Waals surface area contributed by atoms with E-state index >= 15 is 0 Å². The number of carbonyl (C=O) groups excluding carboxylic acids is 2. The molecular weight excluding hydrogens is 218 g/mol. The maximum absolute atomic E-state index is 11.8. The van der Waals surface area contributed by atoms with Crippen molar-refractivity contribution in [1.82, 2.24) is 5.32 Å². The summed E-state index contributed by atoms with van der Waals surface area (Å²) < 4.78 is 4.95. The molecule has 0 bridgehead atoms. The molecule has 17 heavy (non-hydrogen) atoms. The Kier molecular flexibility index (Phi) is 3.42. The summed E-state index contributed by atoms with van der Waals surface area (Å²) in [5, 5.41) is 2.72. The van der Waals surface area contributed by atoms with Gasteiger partial charge in [-0.2, -0.15) is 0 Å². The van der Waals surface area contributed by atoms with Crippen LogP contribution in [0.15, 0.2) is 30.3 Å². The number of rotatable bonds is 3. The van der Waals surface area contributed by atoms with Gasteiger partial charge in [0.2, 0.25) is 5.91 Å². The Balaban J connectivity index is 2.22. The van der Waals surface area contributed by atoms with Crippen molar-refractivity contribution in [1.29, 1.82) is 0 Å². The van der Waals surface area contributed by atoms with Gasteiger partial charge in [-0.15, -0.1) is 0 Å². The second-order valence-electron chi connectivity index (χ2n) is 3.99. The van der Waals surface area contributed by atoms with E-state index in [0.717, 1.165) is 5.56 Å². The van der Waals surface area contributed by atoms with Gasteiger partial charge in [0, 0.05) is 12.5 Å². The molecule has 1 N–H and O–H groups in total. The van der Waals surface area contributed by atoms with E-state index in [4.69, 9.17) is 4.74 Å². The molecule has 2 atom stereocenters. The van der Waals surface area contributed by atoms with Crippen molar-refractivity contribution in [2.75, 3.05) is 13.2 Å². The van der Waals surface area contributed by atoms with Crippen molar-refractivity contribution in [2.24, 2.45) is 5.92 Å². The van der Waals surface area contributed by atoms with E-state index in [1.54, 1.807) is 6.92 Å². The smallest absolute Gasteiger partial charge is 0.319 e. The third-order valence-electron chi connectivity index (χ3n) is 2.95. The number of hydrogen-bond acceptors (Lipinski definition) is 3. The predicted molar refractivity (Wildman–Crippen MR) is 62.3 cm³/mol. The topological polar surface area (TPSA) is 55.4 Å². The summed E-state index contributed by atoms with van der Waals surface area (Å²) >= 11 is 0. The summed E-state index contributed by atoms with van der Waals surface area (Å²) in [4.78, 5) is 23.4. The Bertz CT molecular complexity index is 416. The first-order valence-electron chi connectivity index (χ1n) is 5.73. The molecule has 2 unspecified atom stereocenters. The molecule has 90 valence electrons. The van der Waals surface area contributed by atoms with Gasteiger partial charge in [-0.1, -0.05) is 30.3 Å². The lowest BCUT2D eigenvalue weighted by Gasteiger charge is -2.15. The van der Waals surface area contributed by atoms with Crippen molar-refractivity contribution >= 4 is 11.9 Å². The minimum atomic E-state index is -0.711. The number of carbonyl (C=O) groups is 2. The molecule has 1 saturated heterocycles. The molecule has 1 heterocycles. The number of amides is 1. The molecule has 1 amide bonds. The van der Waals surface area contributed by atoms with E-state index in [9.17, 15) is 9.59 Å². The number of benzene rings is 1. The first kappa shape index (κ1) is 11.6. The molecule has 4 nitrogen and oxygen atoms in total. The van der Waals surface area contributed by atoms with Crippen LogP contribution in [0.2, 0.25) is 0 Å². The predicted octanol–water partition coefficient (Wildman–Crippen LogP) is 1.08. The fourth-order valence-corrected chi connectivity index (χ4v) is 2.13. The monoisotopic (exact) mass is 233 g/mol. The van der Waals surface area contributed by atoms with Crippen molar-refractivity contribution in [3.8, 4) is 0 Å². The number of hydrogen-bond donors (Lipinski definition) is 1. The van der Waals surface area contributed by atoms with Gasteiger partial charge >= 0.3 is 5.97 Å². The first-order chi connectivity index (χ1) is 8.24. The second-order valence-corrected chi connectivity index (χ2v) is 3.99. The third kappa shape index (κ3) is 2.30. The molecule has 2 rings (SSSR count). The highest BCUT2D eigenvalue weighted by atomic mass is 16.5. The Morgan fingerprint density at radius 1 is 1.41 bits per heavy atom. The van der Waals surface area contributed by atoms with Gasteiger partial charge in [-0.25, -0.2) is 0 Å². The minimum absolute atomic E-state index is 0.122. The molecule has 0 radical (unpaired) electrons. The van der Waals surface area contributed by atoms with E-state index in [0.29, 0.717) is 13.2 Å². The molecule has 1 fully saturated rings. The van der Waals surface area contributed by atoms with Crippen molar-refractivity contribution in [2.45, 2.75) is 12.8 Å². The van der Waals surface area contributed by atoms with E-state index in [-0.39, 0.29) is 11.8 Å². The first-order valence-corrected chi connectivity index (χ1v) is 5.73. The largest absolute Gasteiger partial charge is 0.465 e. The molecule has 1 aromatic rings. The van der Waals surface area contributed by atoms with Gasteiger partial charge in [0.05, 0.1) is 6.61 Å². The summed E-state index contributed by atoms with van der Waals surface area (Å²) in [6, 6.07) is 9.57. The lowest BCUT2D eigenvalue weighted by Crippen LogP contribution is -2.28. The number of nitrogens with one attached hydrogen (secondary N) is 1. The average molecular weight is 233 g/mol. The van der Waals surface area contributed by atoms with Crippen LogP contribution in [0.4, 0.5) is 0 Å². The zero-order valence-corrected chi connectivity index (χ0v) is 9.68. The summed E-state index contributed by atoms with van der Waals surface area (Å²) in [5.74, 6) is -1.51. The average Bonchev–Trinajstić information content (AvgIpc) is 2.73. The molecule has 1 aliphatic heterocycles. The van der Waals surface area contributed by atoms with Gasteiger partial charge in [-0.3, -0.25) is 9.59 Å². The highest BCUT2D eigenvalue weighted by Gasteiger charge is 2.41. The van der Waals surface area contributed by atoms with Crippen LogP contribution < -0.4 is 5.32 Å². The highest BCUT2D eigenvalue weighted by Crippen LogP contribution is 2.29. The van der Waals surface area contributed by atoms with E-state index in [2.05, 4.69) is 5.32 Å². The molecular formula is C13H15NO3. The maximum Gasteiger partial charge on any atom is 0.319 e. The van der Waals surface area contributed by atoms with Crippen molar-refractivity contribution in [3.63, 3.8) is 0 Å². The molecule has 1 aromatic carbocycles. The van der Waals surface area contributed by atoms with Gasteiger partial charge in [0.25, 0.3) is 0 Å². The summed E-state index contributed by atoms with van der Waals surface area (Å²) in [7, 11) is 0. The van der Waals surface area contributed by atoms with Gasteiger partial charge < -0.3 is 10.1 Å². The number of esters is 1. The van der Waals surface area contributed by atoms with Crippen LogP contribution in [0.5, 0.6) is 0 Å². The molecule has 4 heteroatoms. The molecule has 0 saturated carbocycles. The Labute approximate surface area is 100.0 Å². The Morgan fingerprint density at radius 3 is 2.76 bits per heavy atom. The highest BCUT2D eigenvalue weighted by molar-refractivity contribution is 6.00. The SMILES string of the molecule is CCOC(=O)C1C(=O)NCC1c1ccccc1. The van der Waals surface area contributed by atoms with Gasteiger partial charge in [-0.05, 0) is 12.5 Å². The Morgan fingerprint density at radius 2 is 2.12 bits per heavy atom. The maximum atomic E-state index is 11.8. The molecule has 0 aromatic heterocycles. The fraction of sp³-hybridized carbons (Fsp3) is 0.385. The van der Waals surface area contributed by atoms with Crippen LogP contribution in [0.25, 0.3) is 0 Å². The zero-order chi connectivity index (χ0) is 12.3. The van der Waals surface area contributed by atoms with Crippen LogP contribution in [-0.4, -0.2) is 25.0 Å². The quantitative estimate of drug-likeness (QED) is 0.628. The summed E-state index contributed by atoms with van der Waals surface area (Å²) in [6.07, 6.45) is 0. The normalized spacial score (nSPS) is 23.2. The fourth-order valence-electron chi connectivity index (χ4n) is 2.13. The zero-order valence-electron chi connectivity index (χ0n) is 9.68. The van der Waals surface area contributed by atoms with Crippen LogP contribution in [0.3, 0.4) is 0 Å². The lowest BCUT2D eigenvalue weighted by molar-refractivity contribution is -0.151. The lowest BCUT2D eigenvalue weighted by atomic mass is 9.89. The minimum Gasteiger partial charge on any atom is -0.465 e. The summed E-state index contributed by atoms with van der Waals surface area (Å²) in [5.41, 5.74) is 0.990. The van der Waals surface area contributed by atoms with Gasteiger partial charge in [0.15, 0.2) is 0 Å². The third-order valence-corrected chi connectivity index (χ3v) is 2.95.